The Morgan fingerprint density at radius 3 is 1.83 bits per heavy atom. The van der Waals surface area contributed by atoms with E-state index in [0.29, 0.717) is 0 Å². The lowest BCUT2D eigenvalue weighted by Crippen LogP contribution is -2.65. The minimum absolute atomic E-state index is 2.98. The summed E-state index contributed by atoms with van der Waals surface area (Å²) in [5, 5.41) is -4.90. The van der Waals surface area contributed by atoms with Gasteiger partial charge in [0.1, 0.15) is 0 Å². The van der Waals surface area contributed by atoms with Crippen LogP contribution in [0.4, 0.5) is 22.0 Å². The molecule has 9 heteroatoms. The van der Waals surface area contributed by atoms with E-state index in [4.69, 9.17) is 0 Å². The fourth-order valence-corrected chi connectivity index (χ4v) is 1.49. The molecular weight excluding hydrogens is 211 g/mol. The summed E-state index contributed by atoms with van der Waals surface area (Å²) in [4.78, 5) is 0. The fraction of sp³-hybridized carbons (Fsp3) is 1.00. The van der Waals surface area contributed by atoms with Crippen LogP contribution in [-0.4, -0.2) is 26.0 Å². The van der Waals surface area contributed by atoms with Crippen molar-refractivity contribution in [2.45, 2.75) is 17.5 Å². The average Bonchev–Trinajstić information content (AvgIpc) is 1.83. The van der Waals surface area contributed by atoms with Gasteiger partial charge in [0.2, 0.25) is 0 Å². The molecular formula is C3HF5O3S. The molecule has 1 aliphatic rings. The molecule has 2 unspecified atom stereocenters. The summed E-state index contributed by atoms with van der Waals surface area (Å²) in [6.07, 6.45) is -9.31. The van der Waals surface area contributed by atoms with E-state index in [9.17, 15) is 30.4 Å². The summed E-state index contributed by atoms with van der Waals surface area (Å²) in [5.74, 6) is 0. The monoisotopic (exact) mass is 212 g/mol. The van der Waals surface area contributed by atoms with Crippen molar-refractivity contribution in [2.24, 2.45) is 0 Å². The van der Waals surface area contributed by atoms with Gasteiger partial charge in [-0.25, -0.2) is 13.0 Å². The van der Waals surface area contributed by atoms with Gasteiger partial charge in [0.25, 0.3) is 6.36 Å². The number of hydrogen-bond acceptors (Lipinski definition) is 3. The highest BCUT2D eigenvalue weighted by Gasteiger charge is 2.80. The molecule has 0 radical (unpaired) electrons. The maximum Gasteiger partial charge on any atom is 0.445 e. The predicted molar refractivity (Wildman–Crippen MR) is 24.8 cm³/mol. The first-order valence-electron chi connectivity index (χ1n) is 2.45. The molecule has 1 heterocycles. The minimum atomic E-state index is -5.82. The van der Waals surface area contributed by atoms with Crippen molar-refractivity contribution in [1.82, 2.24) is 0 Å². The van der Waals surface area contributed by atoms with Crippen molar-refractivity contribution in [3.63, 3.8) is 0 Å². The highest BCUT2D eigenvalue weighted by molar-refractivity contribution is 7.89. The van der Waals surface area contributed by atoms with Crippen molar-refractivity contribution in [3.05, 3.63) is 0 Å². The molecule has 0 amide bonds. The smallest absolute Gasteiger partial charge is 0.225 e. The van der Waals surface area contributed by atoms with E-state index in [0.717, 1.165) is 0 Å². The molecule has 0 spiro atoms. The molecule has 2 atom stereocenters. The molecule has 72 valence electrons. The highest BCUT2D eigenvalue weighted by Crippen LogP contribution is 2.50. The Bertz CT molecular complexity index is 294. The SMILES string of the molecule is O=S1(=O)OC(F)C1(F)C(F)(F)F. The molecule has 3 nitrogen and oxygen atoms in total. The van der Waals surface area contributed by atoms with Gasteiger partial charge >= 0.3 is 21.3 Å². The van der Waals surface area contributed by atoms with Gasteiger partial charge in [-0.2, -0.15) is 21.6 Å². The van der Waals surface area contributed by atoms with Gasteiger partial charge in [0.15, 0.2) is 0 Å². The van der Waals surface area contributed by atoms with Crippen molar-refractivity contribution in [3.8, 4) is 0 Å². The topological polar surface area (TPSA) is 43.4 Å². The van der Waals surface area contributed by atoms with Gasteiger partial charge in [0.05, 0.1) is 0 Å². The zero-order chi connectivity index (χ0) is 9.78. The van der Waals surface area contributed by atoms with E-state index in [1.807, 2.05) is 0 Å². The van der Waals surface area contributed by atoms with Gasteiger partial charge in [-0.1, -0.05) is 0 Å². The van der Waals surface area contributed by atoms with Crippen LogP contribution in [0.25, 0.3) is 0 Å². The maximum atomic E-state index is 12.4. The standard InChI is InChI=1S/C3HF5O3S/c4-1-2(5,3(6,7)8)12(9,10)11-1/h1H. The molecule has 0 aromatic heterocycles. The zero-order valence-corrected chi connectivity index (χ0v) is 5.92. The van der Waals surface area contributed by atoms with Gasteiger partial charge in [0, 0.05) is 0 Å². The fourth-order valence-electron chi connectivity index (χ4n) is 0.584. The molecule has 1 aliphatic heterocycles. The molecule has 0 aromatic carbocycles. The second-order valence-corrected chi connectivity index (χ2v) is 3.70. The van der Waals surface area contributed by atoms with Crippen LogP contribution in [0.15, 0.2) is 0 Å². The lowest BCUT2D eigenvalue weighted by Gasteiger charge is -2.36. The molecule has 1 saturated heterocycles. The Labute approximate surface area is 63.2 Å². The second kappa shape index (κ2) is 2.08. The van der Waals surface area contributed by atoms with Crippen LogP contribution in [0.3, 0.4) is 0 Å². The lowest BCUT2D eigenvalue weighted by atomic mass is 10.3. The van der Waals surface area contributed by atoms with Crippen LogP contribution in [0.5, 0.6) is 0 Å². The third-order valence-electron chi connectivity index (χ3n) is 1.25. The predicted octanol–water partition coefficient (Wildman–Crippen LogP) is 0.870. The van der Waals surface area contributed by atoms with Gasteiger partial charge < -0.3 is 0 Å². The van der Waals surface area contributed by atoms with Gasteiger partial charge in [-0.3, -0.25) is 0 Å². The summed E-state index contributed by atoms with van der Waals surface area (Å²) in [6.45, 7) is 0. The van der Waals surface area contributed by atoms with E-state index < -0.39 is 27.7 Å². The highest BCUT2D eigenvalue weighted by atomic mass is 32.2. The average molecular weight is 212 g/mol. The number of alkyl halides is 5. The van der Waals surface area contributed by atoms with Gasteiger partial charge in [-0.15, -0.1) is 0 Å². The third kappa shape index (κ3) is 0.859. The Morgan fingerprint density at radius 1 is 1.33 bits per heavy atom. The van der Waals surface area contributed by atoms with E-state index in [-0.39, 0.29) is 0 Å². The molecule has 1 rings (SSSR count). The summed E-state index contributed by atoms with van der Waals surface area (Å²) < 4.78 is 82.0. The summed E-state index contributed by atoms with van der Waals surface area (Å²) in [7, 11) is -5.50. The van der Waals surface area contributed by atoms with E-state index in [1.165, 1.54) is 0 Å². The first-order valence-corrected chi connectivity index (χ1v) is 3.86. The molecule has 0 aromatic rings. The normalized spacial score (nSPS) is 40.6. The summed E-state index contributed by atoms with van der Waals surface area (Å²) in [6, 6.07) is 0. The first kappa shape index (κ1) is 9.65. The van der Waals surface area contributed by atoms with Crippen LogP contribution in [0.1, 0.15) is 0 Å². The Morgan fingerprint density at radius 2 is 1.75 bits per heavy atom. The molecule has 0 N–H and O–H groups in total. The van der Waals surface area contributed by atoms with Crippen molar-refractivity contribution in [2.75, 3.05) is 0 Å². The zero-order valence-electron chi connectivity index (χ0n) is 5.10. The Kier molecular flexibility index (Phi) is 1.67. The molecule has 0 bridgehead atoms. The van der Waals surface area contributed by atoms with E-state index in [2.05, 4.69) is 4.18 Å². The molecule has 0 aliphatic carbocycles. The first-order chi connectivity index (χ1) is 5.13. The van der Waals surface area contributed by atoms with Crippen LogP contribution in [0, 0.1) is 0 Å². The lowest BCUT2D eigenvalue weighted by molar-refractivity contribution is -0.265. The van der Waals surface area contributed by atoms with E-state index in [1.54, 1.807) is 0 Å². The van der Waals surface area contributed by atoms with Crippen LogP contribution < -0.4 is 0 Å². The largest absolute Gasteiger partial charge is 0.445 e. The van der Waals surface area contributed by atoms with Crippen molar-refractivity contribution >= 4 is 10.1 Å². The quantitative estimate of drug-likeness (QED) is 0.442. The van der Waals surface area contributed by atoms with Crippen LogP contribution in [-0.2, 0) is 14.3 Å². The number of rotatable bonds is 0. The van der Waals surface area contributed by atoms with Gasteiger partial charge in [-0.05, 0) is 0 Å². The molecule has 0 saturated carbocycles. The summed E-state index contributed by atoms with van der Waals surface area (Å²) >= 11 is 0. The van der Waals surface area contributed by atoms with Crippen LogP contribution >= 0.6 is 0 Å². The van der Waals surface area contributed by atoms with E-state index >= 15 is 0 Å². The minimum Gasteiger partial charge on any atom is -0.225 e. The van der Waals surface area contributed by atoms with Crippen LogP contribution in [0.2, 0.25) is 0 Å². The summed E-state index contributed by atoms with van der Waals surface area (Å²) in [5.41, 5.74) is 0. The second-order valence-electron chi connectivity index (χ2n) is 2.01. The molecule has 12 heavy (non-hydrogen) atoms. The molecule has 1 fully saturated rings. The third-order valence-corrected chi connectivity index (χ3v) is 2.82. The number of hydrogen-bond donors (Lipinski definition) is 0. The maximum absolute atomic E-state index is 12.4. The van der Waals surface area contributed by atoms with Crippen molar-refractivity contribution < 1.29 is 34.6 Å². The Balaban J connectivity index is 3.15. The Hall–Kier alpha value is -0.440. The van der Waals surface area contributed by atoms with Crippen molar-refractivity contribution in [1.29, 1.82) is 0 Å². The number of halogens is 5.